The van der Waals surface area contributed by atoms with Gasteiger partial charge in [0.15, 0.2) is 16.5 Å². The van der Waals surface area contributed by atoms with Crippen LogP contribution in [0.25, 0.3) is 0 Å². The van der Waals surface area contributed by atoms with Gasteiger partial charge in [-0.05, 0) is 45.4 Å². The fourth-order valence-corrected chi connectivity index (χ4v) is 17.8. The summed E-state index contributed by atoms with van der Waals surface area (Å²) in [6.07, 6.45) is 0. The van der Waals surface area contributed by atoms with Crippen LogP contribution < -0.4 is 20.7 Å². The Morgan fingerprint density at radius 1 is 0.657 bits per heavy atom. The Morgan fingerprint density at radius 2 is 0.943 bits per heavy atom. The third-order valence-electron chi connectivity index (χ3n) is 6.45. The molecule has 174 valence electrons. The predicted octanol–water partition coefficient (Wildman–Crippen LogP) is 4.79. The van der Waals surface area contributed by atoms with E-state index in [0.29, 0.717) is 0 Å². The Bertz CT molecular complexity index is 1150. The lowest BCUT2D eigenvalue weighted by Crippen LogP contribution is -2.79. The van der Waals surface area contributed by atoms with E-state index < -0.39 is 16.5 Å². The third kappa shape index (κ3) is 5.06. The molecule has 0 bridgehead atoms. The Labute approximate surface area is 219 Å². The summed E-state index contributed by atoms with van der Waals surface area (Å²) < 4.78 is 7.05. The average molecular weight is 528 g/mol. The average Bonchev–Trinajstić information content (AvgIpc) is 2.94. The fourth-order valence-electron chi connectivity index (χ4n) is 4.56. The van der Waals surface area contributed by atoms with Crippen molar-refractivity contribution in [2.45, 2.75) is 13.1 Å². The Hall–Kier alpha value is -2.93. The molecule has 0 aliphatic heterocycles. The first kappa shape index (κ1) is 25.2. The number of nitrogens with zero attached hydrogens (tertiary/aromatic N) is 3. The molecule has 0 unspecified atom stereocenters. The van der Waals surface area contributed by atoms with Gasteiger partial charge in [0.05, 0.1) is 12.1 Å². The van der Waals surface area contributed by atoms with Crippen molar-refractivity contribution in [1.29, 1.82) is 5.26 Å². The van der Waals surface area contributed by atoms with Crippen molar-refractivity contribution in [3.8, 4) is 6.07 Å². The standard InChI is InChI=1S/C28H26ClN3SSi2/c1-34(24-15-7-3-8-16-24,25-17-9-4-10-18-25)32(33-31-28(29)23-30)35(2,26-19-11-5-12-20-26)27-21-13-6-14-22-27/h3-22H,1-2H3. The van der Waals surface area contributed by atoms with E-state index in [0.717, 1.165) is 0 Å². The summed E-state index contributed by atoms with van der Waals surface area (Å²) in [5.41, 5.74) is 0. The molecule has 0 saturated heterocycles. The number of rotatable bonds is 8. The smallest absolute Gasteiger partial charge is 0.215 e. The molecular weight excluding hydrogens is 502 g/mol. The molecule has 4 aromatic rings. The van der Waals surface area contributed by atoms with Crippen molar-refractivity contribution in [3.63, 3.8) is 0 Å². The van der Waals surface area contributed by atoms with Gasteiger partial charge >= 0.3 is 0 Å². The summed E-state index contributed by atoms with van der Waals surface area (Å²) >= 11 is 7.50. The zero-order valence-corrected chi connectivity index (χ0v) is 23.2. The minimum atomic E-state index is -2.63. The quantitative estimate of drug-likeness (QED) is 0.188. The maximum Gasteiger partial charge on any atom is 0.215 e. The summed E-state index contributed by atoms with van der Waals surface area (Å²) in [4.78, 5) is 0. The van der Waals surface area contributed by atoms with E-state index in [-0.39, 0.29) is 5.17 Å². The van der Waals surface area contributed by atoms with Crippen molar-refractivity contribution in [2.75, 3.05) is 0 Å². The maximum absolute atomic E-state index is 9.40. The van der Waals surface area contributed by atoms with Crippen molar-refractivity contribution in [2.24, 2.45) is 4.40 Å². The van der Waals surface area contributed by atoms with Gasteiger partial charge in [0.1, 0.15) is 6.07 Å². The Morgan fingerprint density at radius 3 is 1.20 bits per heavy atom. The normalized spacial score (nSPS) is 12.4. The van der Waals surface area contributed by atoms with Crippen LogP contribution >= 0.6 is 23.7 Å². The highest BCUT2D eigenvalue weighted by Crippen LogP contribution is 2.30. The van der Waals surface area contributed by atoms with Crippen LogP contribution in [0.2, 0.25) is 13.1 Å². The molecule has 0 spiro atoms. The molecule has 0 N–H and O–H groups in total. The molecule has 0 radical (unpaired) electrons. The summed E-state index contributed by atoms with van der Waals surface area (Å²) in [5, 5.41) is 14.4. The second kappa shape index (κ2) is 11.2. The summed E-state index contributed by atoms with van der Waals surface area (Å²) in [6, 6.07) is 44.7. The van der Waals surface area contributed by atoms with Crippen molar-refractivity contribution < 1.29 is 0 Å². The van der Waals surface area contributed by atoms with Crippen LogP contribution in [0.5, 0.6) is 0 Å². The van der Waals surface area contributed by atoms with Crippen LogP contribution in [-0.2, 0) is 0 Å². The number of nitriles is 1. The van der Waals surface area contributed by atoms with Gasteiger partial charge in [-0.15, -0.1) is 0 Å². The van der Waals surface area contributed by atoms with Crippen LogP contribution in [0.4, 0.5) is 0 Å². The third-order valence-corrected chi connectivity index (χ3v) is 20.0. The van der Waals surface area contributed by atoms with Crippen LogP contribution in [0, 0.1) is 11.3 Å². The second-order valence-electron chi connectivity index (χ2n) is 8.48. The summed E-state index contributed by atoms with van der Waals surface area (Å²) in [6.45, 7) is 4.75. The lowest BCUT2D eigenvalue weighted by Gasteiger charge is -2.48. The number of benzene rings is 4. The van der Waals surface area contributed by atoms with Gasteiger partial charge in [0.25, 0.3) is 0 Å². The molecule has 0 saturated carbocycles. The molecular formula is C28H26ClN3SSi2. The van der Waals surface area contributed by atoms with E-state index in [9.17, 15) is 5.26 Å². The second-order valence-corrected chi connectivity index (χ2v) is 18.1. The molecule has 0 aromatic heterocycles. The van der Waals surface area contributed by atoms with E-state index in [2.05, 4.69) is 142 Å². The van der Waals surface area contributed by atoms with E-state index in [1.807, 2.05) is 6.07 Å². The molecule has 0 aliphatic carbocycles. The highest BCUT2D eigenvalue weighted by atomic mass is 35.5. The predicted molar refractivity (Wildman–Crippen MR) is 156 cm³/mol. The number of hydrogen-bond donors (Lipinski definition) is 0. The van der Waals surface area contributed by atoms with Gasteiger partial charge in [-0.3, -0.25) is 3.64 Å². The molecule has 0 fully saturated rings. The van der Waals surface area contributed by atoms with Crippen LogP contribution in [0.1, 0.15) is 0 Å². The number of hydrogen-bond acceptors (Lipinski definition) is 4. The van der Waals surface area contributed by atoms with Gasteiger partial charge in [-0.2, -0.15) is 9.66 Å². The fraction of sp³-hybridized carbons (Fsp3) is 0.0714. The molecule has 35 heavy (non-hydrogen) atoms. The Balaban J connectivity index is 2.07. The first-order valence-corrected chi connectivity index (χ1v) is 17.3. The first-order chi connectivity index (χ1) is 17.0. The number of halogens is 1. The van der Waals surface area contributed by atoms with E-state index >= 15 is 0 Å². The largest absolute Gasteiger partial charge is 0.256 e. The van der Waals surface area contributed by atoms with Gasteiger partial charge < -0.3 is 0 Å². The Kier molecular flexibility index (Phi) is 8.06. The molecule has 3 nitrogen and oxygen atoms in total. The molecule has 4 aromatic carbocycles. The van der Waals surface area contributed by atoms with Gasteiger partial charge in [-0.1, -0.05) is 121 Å². The van der Waals surface area contributed by atoms with Gasteiger partial charge in [0, 0.05) is 0 Å². The van der Waals surface area contributed by atoms with Gasteiger partial charge in [-0.25, -0.2) is 0 Å². The topological polar surface area (TPSA) is 39.4 Å². The monoisotopic (exact) mass is 527 g/mol. The minimum absolute atomic E-state index is 0.0602. The summed E-state index contributed by atoms with van der Waals surface area (Å²) in [5.74, 6) is 0. The maximum atomic E-state index is 9.40. The zero-order chi connectivity index (χ0) is 24.7. The van der Waals surface area contributed by atoms with Crippen molar-refractivity contribution >= 4 is 66.1 Å². The lowest BCUT2D eigenvalue weighted by atomic mass is 10.4. The first-order valence-electron chi connectivity index (χ1n) is 11.3. The van der Waals surface area contributed by atoms with Crippen LogP contribution in [0.3, 0.4) is 0 Å². The van der Waals surface area contributed by atoms with E-state index in [4.69, 9.17) is 11.6 Å². The highest BCUT2D eigenvalue weighted by Gasteiger charge is 2.51. The highest BCUT2D eigenvalue weighted by molar-refractivity contribution is 7.99. The van der Waals surface area contributed by atoms with Gasteiger partial charge in [0.2, 0.25) is 5.17 Å². The molecule has 0 heterocycles. The molecule has 0 atom stereocenters. The molecule has 4 rings (SSSR count). The van der Waals surface area contributed by atoms with E-state index in [1.54, 1.807) is 0 Å². The van der Waals surface area contributed by atoms with Crippen molar-refractivity contribution in [1.82, 2.24) is 3.64 Å². The molecule has 7 heteroatoms. The van der Waals surface area contributed by atoms with Crippen molar-refractivity contribution in [3.05, 3.63) is 121 Å². The molecule has 0 amide bonds. The summed E-state index contributed by atoms with van der Waals surface area (Å²) in [7, 11) is -5.26. The SMILES string of the molecule is C[Si](c1ccccc1)(c1ccccc1)N(SN=C(Cl)C#N)[Si](C)(c1ccccc1)c1ccccc1. The lowest BCUT2D eigenvalue weighted by molar-refractivity contribution is 1.05. The van der Waals surface area contributed by atoms with Crippen LogP contribution in [0.15, 0.2) is 126 Å². The van der Waals surface area contributed by atoms with Crippen LogP contribution in [-0.4, -0.2) is 25.3 Å². The zero-order valence-electron chi connectivity index (χ0n) is 19.7. The molecule has 0 aliphatic rings. The minimum Gasteiger partial charge on any atom is -0.256 e. The van der Waals surface area contributed by atoms with E-state index in [1.165, 1.54) is 32.9 Å².